The highest BCUT2D eigenvalue weighted by Crippen LogP contribution is 2.37. The Labute approximate surface area is 111 Å². The molecule has 2 aliphatic carbocycles. The van der Waals surface area contributed by atoms with Gasteiger partial charge < -0.3 is 0 Å². The van der Waals surface area contributed by atoms with Crippen molar-refractivity contribution in [2.45, 2.75) is 59.3 Å². The van der Waals surface area contributed by atoms with Gasteiger partial charge in [-0.25, -0.2) is 0 Å². The summed E-state index contributed by atoms with van der Waals surface area (Å²) in [5, 5.41) is 0. The second-order valence-corrected chi connectivity index (χ2v) is 6.40. The number of hydrogen-bond acceptors (Lipinski definition) is 1. The molecule has 2 unspecified atom stereocenters. The predicted octanol–water partition coefficient (Wildman–Crippen LogP) is 4.68. The topological polar surface area (TPSA) is 17.1 Å². The van der Waals surface area contributed by atoms with Crippen molar-refractivity contribution in [3.63, 3.8) is 0 Å². The van der Waals surface area contributed by atoms with E-state index in [1.807, 2.05) is 0 Å². The average Bonchev–Trinajstić information content (AvgIpc) is 2.32. The van der Waals surface area contributed by atoms with Gasteiger partial charge in [-0.15, -0.1) is 0 Å². The van der Waals surface area contributed by atoms with Crippen molar-refractivity contribution in [1.82, 2.24) is 0 Å². The van der Waals surface area contributed by atoms with Crippen LogP contribution in [0.3, 0.4) is 0 Å². The van der Waals surface area contributed by atoms with E-state index in [2.05, 4.69) is 32.9 Å². The molecule has 0 heterocycles. The molecule has 18 heavy (non-hydrogen) atoms. The Morgan fingerprint density at radius 2 is 2.17 bits per heavy atom. The minimum atomic E-state index is 0.303. The van der Waals surface area contributed by atoms with Crippen molar-refractivity contribution in [3.8, 4) is 0 Å². The molecule has 0 saturated heterocycles. The standard InChI is InChI=1S/C17H26O/c1-12(2)6-4-8-14-10-11-15-13(3)7-5-9-16(15)17(14)18/h5,9,12-14H,4,6-8,10-11H2,1-3H3. The molecular formula is C17H26O. The zero-order valence-electron chi connectivity index (χ0n) is 12.0. The number of carbonyl (C=O) groups is 1. The number of hydrogen-bond donors (Lipinski definition) is 0. The second kappa shape index (κ2) is 5.86. The van der Waals surface area contributed by atoms with E-state index in [9.17, 15) is 4.79 Å². The Bertz CT molecular complexity index is 373. The van der Waals surface area contributed by atoms with Gasteiger partial charge in [-0.05, 0) is 37.5 Å². The number of carbonyl (C=O) groups excluding carboxylic acids is 1. The number of allylic oxidation sites excluding steroid dienone is 4. The lowest BCUT2D eigenvalue weighted by Crippen LogP contribution is -2.25. The monoisotopic (exact) mass is 246 g/mol. The van der Waals surface area contributed by atoms with Crippen LogP contribution in [0.2, 0.25) is 0 Å². The molecule has 2 aliphatic rings. The van der Waals surface area contributed by atoms with Crippen molar-refractivity contribution in [1.29, 1.82) is 0 Å². The summed E-state index contributed by atoms with van der Waals surface area (Å²) in [6, 6.07) is 0. The quantitative estimate of drug-likeness (QED) is 0.703. The molecule has 2 atom stereocenters. The molecule has 0 amide bonds. The second-order valence-electron chi connectivity index (χ2n) is 6.40. The van der Waals surface area contributed by atoms with Gasteiger partial charge in [0.1, 0.15) is 0 Å². The van der Waals surface area contributed by atoms with E-state index in [0.717, 1.165) is 37.2 Å². The summed E-state index contributed by atoms with van der Waals surface area (Å²) in [5.41, 5.74) is 2.50. The minimum Gasteiger partial charge on any atom is -0.294 e. The van der Waals surface area contributed by atoms with E-state index >= 15 is 0 Å². The number of ketones is 1. The maximum Gasteiger partial charge on any atom is 0.165 e. The molecular weight excluding hydrogens is 220 g/mol. The van der Waals surface area contributed by atoms with Gasteiger partial charge in [-0.2, -0.15) is 0 Å². The summed E-state index contributed by atoms with van der Waals surface area (Å²) in [6.45, 7) is 6.77. The molecule has 0 spiro atoms. The number of Topliss-reactive ketones (excluding diaryl/α,β-unsaturated/α-hetero) is 1. The fourth-order valence-electron chi connectivity index (χ4n) is 3.25. The van der Waals surface area contributed by atoms with E-state index in [4.69, 9.17) is 0 Å². The first-order valence-electron chi connectivity index (χ1n) is 7.53. The van der Waals surface area contributed by atoms with Crippen LogP contribution in [0.1, 0.15) is 59.3 Å². The van der Waals surface area contributed by atoms with Crippen LogP contribution >= 0.6 is 0 Å². The zero-order chi connectivity index (χ0) is 13.1. The molecule has 1 heteroatoms. The summed E-state index contributed by atoms with van der Waals surface area (Å²) in [4.78, 5) is 12.5. The van der Waals surface area contributed by atoms with E-state index < -0.39 is 0 Å². The van der Waals surface area contributed by atoms with Crippen LogP contribution in [0.4, 0.5) is 0 Å². The molecule has 0 aromatic carbocycles. The first-order chi connectivity index (χ1) is 8.59. The van der Waals surface area contributed by atoms with Gasteiger partial charge in [0, 0.05) is 11.5 Å². The lowest BCUT2D eigenvalue weighted by molar-refractivity contribution is -0.120. The lowest BCUT2D eigenvalue weighted by Gasteiger charge is -2.30. The Morgan fingerprint density at radius 3 is 2.89 bits per heavy atom. The Morgan fingerprint density at radius 1 is 1.39 bits per heavy atom. The first kappa shape index (κ1) is 13.6. The van der Waals surface area contributed by atoms with Gasteiger partial charge in [-0.3, -0.25) is 4.79 Å². The molecule has 0 radical (unpaired) electrons. The molecule has 0 aromatic rings. The largest absolute Gasteiger partial charge is 0.294 e. The highest BCUT2D eigenvalue weighted by molar-refractivity contribution is 6.01. The molecule has 0 fully saturated rings. The highest BCUT2D eigenvalue weighted by atomic mass is 16.1. The van der Waals surface area contributed by atoms with Gasteiger partial charge in [0.25, 0.3) is 0 Å². The van der Waals surface area contributed by atoms with Crippen molar-refractivity contribution in [2.24, 2.45) is 17.8 Å². The SMILES string of the molecule is CC(C)CCCC1CCC2=C(C=CCC2C)C1=O. The molecule has 0 N–H and O–H groups in total. The van der Waals surface area contributed by atoms with E-state index in [-0.39, 0.29) is 0 Å². The zero-order valence-corrected chi connectivity index (χ0v) is 12.0. The smallest absolute Gasteiger partial charge is 0.165 e. The van der Waals surface area contributed by atoms with E-state index in [0.29, 0.717) is 17.6 Å². The molecule has 0 bridgehead atoms. The molecule has 0 saturated carbocycles. The van der Waals surface area contributed by atoms with Crippen molar-refractivity contribution >= 4 is 5.78 Å². The van der Waals surface area contributed by atoms with Crippen LogP contribution < -0.4 is 0 Å². The molecule has 100 valence electrons. The van der Waals surface area contributed by atoms with Gasteiger partial charge in [0.05, 0.1) is 0 Å². The maximum absolute atomic E-state index is 12.5. The van der Waals surface area contributed by atoms with Gasteiger partial charge in [0.2, 0.25) is 0 Å². The molecule has 2 rings (SSSR count). The van der Waals surface area contributed by atoms with Crippen LogP contribution in [0, 0.1) is 17.8 Å². The van der Waals surface area contributed by atoms with Gasteiger partial charge in [-0.1, -0.05) is 51.3 Å². The normalized spacial score (nSPS) is 27.9. The van der Waals surface area contributed by atoms with Crippen LogP contribution in [-0.4, -0.2) is 5.78 Å². The maximum atomic E-state index is 12.5. The third-order valence-corrected chi connectivity index (χ3v) is 4.45. The highest BCUT2D eigenvalue weighted by Gasteiger charge is 2.30. The van der Waals surface area contributed by atoms with Crippen LogP contribution in [0.25, 0.3) is 0 Å². The number of rotatable bonds is 4. The van der Waals surface area contributed by atoms with Gasteiger partial charge >= 0.3 is 0 Å². The van der Waals surface area contributed by atoms with Crippen molar-refractivity contribution < 1.29 is 4.79 Å². The molecule has 0 aromatic heterocycles. The third kappa shape index (κ3) is 2.93. The van der Waals surface area contributed by atoms with E-state index in [1.165, 1.54) is 18.4 Å². The summed E-state index contributed by atoms with van der Waals surface area (Å²) in [7, 11) is 0. The van der Waals surface area contributed by atoms with Crippen molar-refractivity contribution in [3.05, 3.63) is 23.3 Å². The summed E-state index contributed by atoms with van der Waals surface area (Å²) in [5.74, 6) is 2.08. The predicted molar refractivity (Wildman–Crippen MR) is 76.4 cm³/mol. The lowest BCUT2D eigenvalue weighted by atomic mass is 9.74. The Kier molecular flexibility index (Phi) is 4.42. The minimum absolute atomic E-state index is 0.303. The average molecular weight is 246 g/mol. The Hall–Kier alpha value is -0.850. The fraction of sp³-hybridized carbons (Fsp3) is 0.706. The van der Waals surface area contributed by atoms with E-state index in [1.54, 1.807) is 0 Å². The van der Waals surface area contributed by atoms with Crippen LogP contribution in [-0.2, 0) is 4.79 Å². The fourth-order valence-corrected chi connectivity index (χ4v) is 3.25. The summed E-state index contributed by atoms with van der Waals surface area (Å²) < 4.78 is 0. The van der Waals surface area contributed by atoms with Crippen molar-refractivity contribution in [2.75, 3.05) is 0 Å². The van der Waals surface area contributed by atoms with Gasteiger partial charge in [0.15, 0.2) is 5.78 Å². The van der Waals surface area contributed by atoms with Crippen LogP contribution in [0.5, 0.6) is 0 Å². The summed E-state index contributed by atoms with van der Waals surface area (Å²) in [6.07, 6.45) is 11.2. The molecule has 1 nitrogen and oxygen atoms in total. The van der Waals surface area contributed by atoms with Crippen LogP contribution in [0.15, 0.2) is 23.3 Å². The third-order valence-electron chi connectivity index (χ3n) is 4.45. The first-order valence-corrected chi connectivity index (χ1v) is 7.53. The molecule has 0 aliphatic heterocycles. The Balaban J connectivity index is 1.98. The summed E-state index contributed by atoms with van der Waals surface area (Å²) >= 11 is 0.